The van der Waals surface area contributed by atoms with Crippen molar-refractivity contribution in [2.24, 2.45) is 7.05 Å². The summed E-state index contributed by atoms with van der Waals surface area (Å²) < 4.78 is 2.74. The summed E-state index contributed by atoms with van der Waals surface area (Å²) in [6.07, 6.45) is 3.77. The molecule has 16 heavy (non-hydrogen) atoms. The van der Waals surface area contributed by atoms with Crippen molar-refractivity contribution >= 4 is 27.7 Å². The van der Waals surface area contributed by atoms with Gasteiger partial charge in [0.05, 0.1) is 17.7 Å². The maximum Gasteiger partial charge on any atom is 0.0693 e. The van der Waals surface area contributed by atoms with Crippen LogP contribution in [0.4, 0.5) is 0 Å². The van der Waals surface area contributed by atoms with Crippen LogP contribution in [0.25, 0.3) is 0 Å². The van der Waals surface area contributed by atoms with Gasteiger partial charge in [0.25, 0.3) is 0 Å². The highest BCUT2D eigenvalue weighted by Crippen LogP contribution is 2.31. The Kier molecular flexibility index (Phi) is 3.68. The molecule has 0 unspecified atom stereocenters. The van der Waals surface area contributed by atoms with Crippen molar-refractivity contribution in [2.45, 2.75) is 16.4 Å². The van der Waals surface area contributed by atoms with Gasteiger partial charge in [-0.1, -0.05) is 27.7 Å². The monoisotopic (exact) mass is 298 g/mol. The van der Waals surface area contributed by atoms with E-state index in [1.54, 1.807) is 16.4 Å². The molecule has 84 valence electrons. The minimum absolute atomic E-state index is 0.0437. The summed E-state index contributed by atoms with van der Waals surface area (Å²) in [5.41, 5.74) is 0.920. The molecular formula is C11H11BrN2OS. The molecule has 2 rings (SSSR count). The van der Waals surface area contributed by atoms with E-state index in [0.717, 1.165) is 19.8 Å². The maximum atomic E-state index is 9.27. The van der Waals surface area contributed by atoms with Gasteiger partial charge in [-0.15, -0.1) is 0 Å². The zero-order valence-corrected chi connectivity index (χ0v) is 11.1. The fourth-order valence-corrected chi connectivity index (χ4v) is 2.71. The third kappa shape index (κ3) is 2.66. The van der Waals surface area contributed by atoms with Gasteiger partial charge in [0.2, 0.25) is 0 Å². The minimum atomic E-state index is 0.0437. The number of hydrogen-bond acceptors (Lipinski definition) is 3. The van der Waals surface area contributed by atoms with Crippen molar-refractivity contribution in [3.05, 3.63) is 40.6 Å². The van der Waals surface area contributed by atoms with E-state index in [9.17, 15) is 5.11 Å². The highest BCUT2D eigenvalue weighted by Gasteiger charge is 2.05. The molecule has 1 aromatic heterocycles. The first-order valence-electron chi connectivity index (χ1n) is 4.75. The molecular weight excluding hydrogens is 288 g/mol. The molecule has 1 heterocycles. The summed E-state index contributed by atoms with van der Waals surface area (Å²) in [6.45, 7) is 0.0437. The lowest BCUT2D eigenvalue weighted by molar-refractivity contribution is 0.279. The summed E-state index contributed by atoms with van der Waals surface area (Å²) in [6, 6.07) is 5.89. The van der Waals surface area contributed by atoms with Gasteiger partial charge in [-0.25, -0.2) is 0 Å². The summed E-state index contributed by atoms with van der Waals surface area (Å²) in [4.78, 5) is 2.12. The second-order valence-corrected chi connectivity index (χ2v) is 5.39. The Labute approximate surface area is 107 Å². The smallest absolute Gasteiger partial charge is 0.0693 e. The number of aromatic nitrogens is 2. The first-order valence-corrected chi connectivity index (χ1v) is 6.36. The SMILES string of the molecule is Cn1cc(Sc2ccc(Br)cc2CO)cn1. The Bertz CT molecular complexity index is 498. The van der Waals surface area contributed by atoms with Gasteiger partial charge in [0.15, 0.2) is 0 Å². The third-order valence-electron chi connectivity index (χ3n) is 2.10. The molecule has 5 heteroatoms. The van der Waals surface area contributed by atoms with E-state index in [1.807, 2.05) is 37.6 Å². The van der Waals surface area contributed by atoms with E-state index in [1.165, 1.54) is 0 Å². The third-order valence-corrected chi connectivity index (χ3v) is 3.66. The molecule has 0 amide bonds. The van der Waals surface area contributed by atoms with Crippen molar-refractivity contribution in [3.63, 3.8) is 0 Å². The number of aryl methyl sites for hydroxylation is 1. The van der Waals surface area contributed by atoms with Crippen LogP contribution in [0.15, 0.2) is 44.9 Å². The van der Waals surface area contributed by atoms with Gasteiger partial charge >= 0.3 is 0 Å². The molecule has 0 saturated heterocycles. The van der Waals surface area contributed by atoms with Gasteiger partial charge in [-0.2, -0.15) is 5.10 Å². The van der Waals surface area contributed by atoms with Crippen LogP contribution in [0.5, 0.6) is 0 Å². The first kappa shape index (κ1) is 11.7. The van der Waals surface area contributed by atoms with Crippen LogP contribution in [-0.2, 0) is 13.7 Å². The second-order valence-electron chi connectivity index (χ2n) is 3.36. The van der Waals surface area contributed by atoms with E-state index in [4.69, 9.17) is 0 Å². The number of halogens is 1. The number of rotatable bonds is 3. The normalized spacial score (nSPS) is 10.7. The van der Waals surface area contributed by atoms with E-state index in [2.05, 4.69) is 21.0 Å². The van der Waals surface area contributed by atoms with Gasteiger partial charge in [-0.3, -0.25) is 4.68 Å². The van der Waals surface area contributed by atoms with Gasteiger partial charge in [0.1, 0.15) is 0 Å². The predicted octanol–water partition coefficient (Wildman–Crippen LogP) is 2.83. The van der Waals surface area contributed by atoms with Gasteiger partial charge < -0.3 is 5.11 Å². The highest BCUT2D eigenvalue weighted by molar-refractivity contribution is 9.10. The summed E-state index contributed by atoms with van der Waals surface area (Å²) in [7, 11) is 1.89. The summed E-state index contributed by atoms with van der Waals surface area (Å²) >= 11 is 4.99. The fraction of sp³-hybridized carbons (Fsp3) is 0.182. The Morgan fingerprint density at radius 2 is 2.31 bits per heavy atom. The molecule has 1 N–H and O–H groups in total. The zero-order valence-electron chi connectivity index (χ0n) is 8.72. The molecule has 1 aromatic carbocycles. The van der Waals surface area contributed by atoms with Gasteiger partial charge in [-0.05, 0) is 23.8 Å². The van der Waals surface area contributed by atoms with Gasteiger partial charge in [0, 0.05) is 22.6 Å². The quantitative estimate of drug-likeness (QED) is 0.947. The molecule has 2 aromatic rings. The number of nitrogens with zero attached hydrogens (tertiary/aromatic N) is 2. The number of hydrogen-bond donors (Lipinski definition) is 1. The number of benzene rings is 1. The van der Waals surface area contributed by atoms with E-state index >= 15 is 0 Å². The molecule has 0 bridgehead atoms. The number of aliphatic hydroxyl groups excluding tert-OH is 1. The second kappa shape index (κ2) is 5.03. The van der Waals surface area contributed by atoms with Crippen LogP contribution in [0.1, 0.15) is 5.56 Å². The van der Waals surface area contributed by atoms with Crippen molar-refractivity contribution in [1.82, 2.24) is 9.78 Å². The minimum Gasteiger partial charge on any atom is -0.392 e. The molecule has 0 aliphatic rings. The average molecular weight is 299 g/mol. The average Bonchev–Trinajstić information content (AvgIpc) is 2.67. The number of aliphatic hydroxyl groups is 1. The zero-order chi connectivity index (χ0) is 11.5. The Morgan fingerprint density at radius 3 is 2.94 bits per heavy atom. The lowest BCUT2D eigenvalue weighted by Crippen LogP contribution is -1.87. The lowest BCUT2D eigenvalue weighted by Gasteiger charge is -2.05. The van der Waals surface area contributed by atoms with Crippen LogP contribution in [0.3, 0.4) is 0 Å². The molecule has 0 aliphatic heterocycles. The molecule has 0 fully saturated rings. The molecule has 3 nitrogen and oxygen atoms in total. The van der Waals surface area contributed by atoms with Crippen molar-refractivity contribution in [2.75, 3.05) is 0 Å². The fourth-order valence-electron chi connectivity index (χ4n) is 1.35. The van der Waals surface area contributed by atoms with Crippen LogP contribution in [-0.4, -0.2) is 14.9 Å². The summed E-state index contributed by atoms with van der Waals surface area (Å²) in [5.74, 6) is 0. The largest absolute Gasteiger partial charge is 0.392 e. The Morgan fingerprint density at radius 1 is 1.50 bits per heavy atom. The molecule has 0 radical (unpaired) electrons. The molecule has 0 atom stereocenters. The Balaban J connectivity index is 2.27. The van der Waals surface area contributed by atoms with E-state index in [0.29, 0.717) is 0 Å². The van der Waals surface area contributed by atoms with E-state index < -0.39 is 0 Å². The van der Waals surface area contributed by atoms with Crippen molar-refractivity contribution < 1.29 is 5.11 Å². The molecule has 0 spiro atoms. The highest BCUT2D eigenvalue weighted by atomic mass is 79.9. The predicted molar refractivity (Wildman–Crippen MR) is 67.4 cm³/mol. The lowest BCUT2D eigenvalue weighted by atomic mass is 10.2. The molecule has 0 saturated carbocycles. The van der Waals surface area contributed by atoms with E-state index in [-0.39, 0.29) is 6.61 Å². The maximum absolute atomic E-state index is 9.27. The Hall–Kier alpha value is -0.780. The van der Waals surface area contributed by atoms with Crippen LogP contribution in [0, 0.1) is 0 Å². The summed E-state index contributed by atoms with van der Waals surface area (Å²) in [5, 5.41) is 13.4. The molecule has 0 aliphatic carbocycles. The first-order chi connectivity index (χ1) is 7.69. The van der Waals surface area contributed by atoms with Crippen molar-refractivity contribution in [3.8, 4) is 0 Å². The van der Waals surface area contributed by atoms with Crippen LogP contribution < -0.4 is 0 Å². The van der Waals surface area contributed by atoms with Crippen LogP contribution in [0.2, 0.25) is 0 Å². The van der Waals surface area contributed by atoms with Crippen molar-refractivity contribution in [1.29, 1.82) is 0 Å². The topological polar surface area (TPSA) is 38.0 Å². The standard InChI is InChI=1S/C11H11BrN2OS/c1-14-6-10(5-13-14)16-11-3-2-9(12)4-8(11)7-15/h2-6,15H,7H2,1H3. The van der Waals surface area contributed by atoms with Crippen LogP contribution >= 0.6 is 27.7 Å².